The molecule has 0 radical (unpaired) electrons. The molecule has 1 atom stereocenters. The summed E-state index contributed by atoms with van der Waals surface area (Å²) in [4.78, 5) is 11.5. The maximum absolute atomic E-state index is 11.5. The lowest BCUT2D eigenvalue weighted by molar-refractivity contribution is 0.271. The van der Waals surface area contributed by atoms with Gasteiger partial charge in [0.25, 0.3) is 5.56 Å². The zero-order valence-electron chi connectivity index (χ0n) is 8.61. The van der Waals surface area contributed by atoms with Gasteiger partial charge in [0, 0.05) is 17.5 Å². The Labute approximate surface area is 88.7 Å². The van der Waals surface area contributed by atoms with Crippen molar-refractivity contribution in [1.29, 1.82) is 0 Å². The molecular formula is C11H17NOS. The van der Waals surface area contributed by atoms with Crippen LogP contribution in [0.2, 0.25) is 0 Å². The highest BCUT2D eigenvalue weighted by atomic mass is 32.1. The van der Waals surface area contributed by atoms with Gasteiger partial charge in [-0.15, -0.1) is 0 Å². The average molecular weight is 211 g/mol. The van der Waals surface area contributed by atoms with Crippen molar-refractivity contribution in [2.75, 3.05) is 0 Å². The molecule has 1 aromatic heterocycles. The van der Waals surface area contributed by atoms with E-state index >= 15 is 0 Å². The minimum atomic E-state index is 0.174. The SMILES string of the molecule is CC(C1CCCCC1)n1sccc1=O. The summed E-state index contributed by atoms with van der Waals surface area (Å²) < 4.78 is 1.93. The Morgan fingerprint density at radius 2 is 2.14 bits per heavy atom. The standard InChI is InChI=1S/C11H17NOS/c1-9(10-5-3-2-4-6-10)12-11(13)7-8-14-12/h7-10H,2-6H2,1H3. The summed E-state index contributed by atoms with van der Waals surface area (Å²) in [5.74, 6) is 0.722. The Hall–Kier alpha value is -0.570. The summed E-state index contributed by atoms with van der Waals surface area (Å²) in [7, 11) is 0. The highest BCUT2D eigenvalue weighted by Gasteiger charge is 2.22. The van der Waals surface area contributed by atoms with Crippen molar-refractivity contribution in [3.63, 3.8) is 0 Å². The number of nitrogens with zero attached hydrogens (tertiary/aromatic N) is 1. The predicted octanol–water partition coefficient (Wildman–Crippen LogP) is 3.05. The first kappa shape index (κ1) is 9.97. The summed E-state index contributed by atoms with van der Waals surface area (Å²) in [6.07, 6.45) is 6.66. The molecule has 0 amide bonds. The van der Waals surface area contributed by atoms with E-state index in [0.717, 1.165) is 5.92 Å². The Morgan fingerprint density at radius 1 is 1.43 bits per heavy atom. The van der Waals surface area contributed by atoms with Gasteiger partial charge in [0.2, 0.25) is 0 Å². The zero-order chi connectivity index (χ0) is 9.97. The molecule has 1 aliphatic carbocycles. The second-order valence-electron chi connectivity index (χ2n) is 4.21. The molecule has 2 nitrogen and oxygen atoms in total. The number of rotatable bonds is 2. The van der Waals surface area contributed by atoms with Crippen LogP contribution >= 0.6 is 11.5 Å². The maximum Gasteiger partial charge on any atom is 0.260 e. The third-order valence-electron chi connectivity index (χ3n) is 3.30. The fourth-order valence-corrected chi connectivity index (χ4v) is 3.22. The molecule has 0 saturated heterocycles. The van der Waals surface area contributed by atoms with E-state index in [0.29, 0.717) is 6.04 Å². The Bertz CT molecular complexity index is 335. The minimum Gasteiger partial charge on any atom is -0.268 e. The van der Waals surface area contributed by atoms with Crippen LogP contribution in [0.3, 0.4) is 0 Å². The molecule has 2 rings (SSSR count). The van der Waals surface area contributed by atoms with Gasteiger partial charge in [-0.3, -0.25) is 8.75 Å². The first-order valence-corrected chi connectivity index (χ1v) is 6.29. The van der Waals surface area contributed by atoms with Gasteiger partial charge < -0.3 is 0 Å². The lowest BCUT2D eigenvalue weighted by Crippen LogP contribution is -2.24. The van der Waals surface area contributed by atoms with Crippen molar-refractivity contribution in [2.24, 2.45) is 5.92 Å². The molecular weight excluding hydrogens is 194 g/mol. The van der Waals surface area contributed by atoms with Crippen molar-refractivity contribution in [1.82, 2.24) is 3.96 Å². The normalized spacial score (nSPS) is 20.9. The van der Waals surface area contributed by atoms with E-state index in [1.165, 1.54) is 32.1 Å². The van der Waals surface area contributed by atoms with Gasteiger partial charge in [-0.25, -0.2) is 0 Å². The smallest absolute Gasteiger partial charge is 0.260 e. The van der Waals surface area contributed by atoms with E-state index in [-0.39, 0.29) is 5.56 Å². The summed E-state index contributed by atoms with van der Waals surface area (Å²) >= 11 is 1.56. The van der Waals surface area contributed by atoms with Gasteiger partial charge in [0.1, 0.15) is 0 Å². The monoisotopic (exact) mass is 211 g/mol. The molecule has 1 aromatic rings. The van der Waals surface area contributed by atoms with E-state index in [9.17, 15) is 4.79 Å². The summed E-state index contributed by atoms with van der Waals surface area (Å²) in [6.45, 7) is 2.19. The number of aromatic nitrogens is 1. The van der Waals surface area contributed by atoms with E-state index in [1.54, 1.807) is 17.6 Å². The van der Waals surface area contributed by atoms with Crippen molar-refractivity contribution < 1.29 is 0 Å². The van der Waals surface area contributed by atoms with Crippen molar-refractivity contribution in [3.05, 3.63) is 21.8 Å². The molecule has 3 heteroatoms. The largest absolute Gasteiger partial charge is 0.268 e. The third-order valence-corrected chi connectivity index (χ3v) is 4.30. The van der Waals surface area contributed by atoms with E-state index in [1.807, 2.05) is 9.34 Å². The van der Waals surface area contributed by atoms with E-state index < -0.39 is 0 Å². The first-order valence-electron chi connectivity index (χ1n) is 5.45. The molecule has 1 unspecified atom stereocenters. The summed E-state index contributed by atoms with van der Waals surface area (Å²) in [5.41, 5.74) is 0.174. The minimum absolute atomic E-state index is 0.174. The van der Waals surface area contributed by atoms with Crippen molar-refractivity contribution in [2.45, 2.75) is 45.1 Å². The van der Waals surface area contributed by atoms with Crippen LogP contribution in [-0.4, -0.2) is 3.96 Å². The molecule has 0 aliphatic heterocycles. The number of hydrogen-bond acceptors (Lipinski definition) is 2. The molecule has 1 heterocycles. The van der Waals surface area contributed by atoms with Crippen LogP contribution in [0.1, 0.15) is 45.1 Å². The van der Waals surface area contributed by atoms with Gasteiger partial charge in [-0.1, -0.05) is 30.8 Å². The Balaban J connectivity index is 2.11. The van der Waals surface area contributed by atoms with Crippen LogP contribution in [-0.2, 0) is 0 Å². The van der Waals surface area contributed by atoms with Crippen molar-refractivity contribution >= 4 is 11.5 Å². The highest BCUT2D eigenvalue weighted by Crippen LogP contribution is 2.32. The van der Waals surface area contributed by atoms with Gasteiger partial charge >= 0.3 is 0 Å². The first-order chi connectivity index (χ1) is 6.79. The van der Waals surface area contributed by atoms with Gasteiger partial charge in [-0.05, 0) is 25.7 Å². The Kier molecular flexibility index (Phi) is 3.06. The average Bonchev–Trinajstić information content (AvgIpc) is 2.65. The Morgan fingerprint density at radius 3 is 2.71 bits per heavy atom. The second-order valence-corrected chi connectivity index (χ2v) is 5.09. The van der Waals surface area contributed by atoms with Crippen molar-refractivity contribution in [3.8, 4) is 0 Å². The molecule has 0 aromatic carbocycles. The van der Waals surface area contributed by atoms with Gasteiger partial charge in [0.15, 0.2) is 0 Å². The molecule has 0 N–H and O–H groups in total. The number of hydrogen-bond donors (Lipinski definition) is 0. The topological polar surface area (TPSA) is 22.0 Å². The highest BCUT2D eigenvalue weighted by molar-refractivity contribution is 7.04. The molecule has 0 spiro atoms. The van der Waals surface area contributed by atoms with Gasteiger partial charge in [-0.2, -0.15) is 0 Å². The fourth-order valence-electron chi connectivity index (χ4n) is 2.38. The summed E-state index contributed by atoms with van der Waals surface area (Å²) in [5, 5.41) is 1.89. The molecule has 14 heavy (non-hydrogen) atoms. The fraction of sp³-hybridized carbons (Fsp3) is 0.727. The molecule has 0 bridgehead atoms. The van der Waals surface area contributed by atoms with E-state index in [4.69, 9.17) is 0 Å². The quantitative estimate of drug-likeness (QED) is 0.737. The lowest BCUT2D eigenvalue weighted by atomic mass is 9.85. The third kappa shape index (κ3) is 1.92. The van der Waals surface area contributed by atoms with Crippen LogP contribution < -0.4 is 5.56 Å². The second kappa shape index (κ2) is 4.30. The molecule has 78 valence electrons. The zero-order valence-corrected chi connectivity index (χ0v) is 9.43. The van der Waals surface area contributed by atoms with Crippen LogP contribution in [0.15, 0.2) is 16.2 Å². The molecule has 1 aliphatic rings. The lowest BCUT2D eigenvalue weighted by Gasteiger charge is -2.27. The van der Waals surface area contributed by atoms with E-state index in [2.05, 4.69) is 6.92 Å². The summed E-state index contributed by atoms with van der Waals surface area (Å²) in [6, 6.07) is 2.08. The predicted molar refractivity (Wildman–Crippen MR) is 59.9 cm³/mol. The van der Waals surface area contributed by atoms with Crippen LogP contribution in [0.5, 0.6) is 0 Å². The van der Waals surface area contributed by atoms with Crippen LogP contribution in [0, 0.1) is 5.92 Å². The molecule has 1 fully saturated rings. The van der Waals surface area contributed by atoms with Gasteiger partial charge in [0.05, 0.1) is 0 Å². The molecule has 1 saturated carbocycles. The van der Waals surface area contributed by atoms with Crippen LogP contribution in [0.4, 0.5) is 0 Å². The maximum atomic E-state index is 11.5. The van der Waals surface area contributed by atoms with Crippen LogP contribution in [0.25, 0.3) is 0 Å².